The van der Waals surface area contributed by atoms with E-state index < -0.39 is 0 Å². The number of benzene rings is 1. The number of hydrogen-bond donors (Lipinski definition) is 0. The van der Waals surface area contributed by atoms with Crippen molar-refractivity contribution >= 4 is 36.5 Å². The van der Waals surface area contributed by atoms with Gasteiger partial charge in [-0.05, 0) is 51.3 Å². The molecule has 34 heavy (non-hydrogen) atoms. The second-order valence-electron chi connectivity index (χ2n) is 9.30. The molecule has 3 aromatic rings. The highest BCUT2D eigenvalue weighted by Crippen LogP contribution is 2.21. The predicted molar refractivity (Wildman–Crippen MR) is 148 cm³/mol. The van der Waals surface area contributed by atoms with Crippen LogP contribution in [0.1, 0.15) is 54.5 Å². The number of aryl methyl sites for hydroxylation is 3. The molecular weight excluding hydrogens is 465 g/mol. The van der Waals surface area contributed by atoms with Crippen LogP contribution < -0.4 is 0 Å². The van der Waals surface area contributed by atoms with Gasteiger partial charge in [0.15, 0.2) is 5.65 Å². The Morgan fingerprint density at radius 1 is 1.00 bits per heavy atom. The van der Waals surface area contributed by atoms with Gasteiger partial charge in [0.05, 0.1) is 5.69 Å². The highest BCUT2D eigenvalue weighted by Gasteiger charge is 2.17. The molecule has 0 radical (unpaired) electrons. The molecule has 4 rings (SSSR count). The zero-order valence-corrected chi connectivity index (χ0v) is 22.8. The van der Waals surface area contributed by atoms with E-state index in [0.717, 1.165) is 55.2 Å². The summed E-state index contributed by atoms with van der Waals surface area (Å²) in [6, 6.07) is 11.7. The number of hydrogen-bond acceptors (Lipinski definition) is 4. The van der Waals surface area contributed by atoms with Crippen molar-refractivity contribution in [1.82, 2.24) is 24.4 Å². The smallest absolute Gasteiger partial charge is 0.159 e. The molecule has 3 heterocycles. The summed E-state index contributed by atoms with van der Waals surface area (Å²) >= 11 is 0. The lowest BCUT2D eigenvalue weighted by Crippen LogP contribution is -2.48. The second kappa shape index (κ2) is 12.7. The van der Waals surface area contributed by atoms with Crippen LogP contribution in [0.5, 0.6) is 0 Å². The zero-order chi connectivity index (χ0) is 22.7. The Kier molecular flexibility index (Phi) is 10.6. The Bertz CT molecular complexity index is 1080. The van der Waals surface area contributed by atoms with Gasteiger partial charge in [-0.1, -0.05) is 43.3 Å². The molecule has 1 aliphatic heterocycles. The van der Waals surface area contributed by atoms with Crippen LogP contribution in [0.2, 0.25) is 0 Å². The summed E-state index contributed by atoms with van der Waals surface area (Å²) in [7, 11) is 0. The van der Waals surface area contributed by atoms with Crippen molar-refractivity contribution in [1.29, 1.82) is 0 Å². The van der Waals surface area contributed by atoms with Gasteiger partial charge >= 0.3 is 0 Å². The van der Waals surface area contributed by atoms with E-state index in [-0.39, 0.29) is 24.8 Å². The molecule has 0 spiro atoms. The van der Waals surface area contributed by atoms with Gasteiger partial charge < -0.3 is 0 Å². The summed E-state index contributed by atoms with van der Waals surface area (Å²) in [6.07, 6.45) is 6.34. The van der Waals surface area contributed by atoms with Crippen LogP contribution in [0, 0.1) is 13.8 Å². The van der Waals surface area contributed by atoms with Gasteiger partial charge in [-0.15, -0.1) is 24.8 Å². The Balaban J connectivity index is 0.00000204. The van der Waals surface area contributed by atoms with Crippen molar-refractivity contribution in [3.05, 3.63) is 70.2 Å². The molecular formula is C27H39Cl2N5. The van der Waals surface area contributed by atoms with Crippen LogP contribution in [0.3, 0.4) is 0 Å². The van der Waals surface area contributed by atoms with Crippen molar-refractivity contribution in [3.63, 3.8) is 0 Å². The van der Waals surface area contributed by atoms with Gasteiger partial charge in [0, 0.05) is 62.1 Å². The number of halogens is 2. The third-order valence-electron chi connectivity index (χ3n) is 6.58. The fourth-order valence-corrected chi connectivity index (χ4v) is 4.62. The van der Waals surface area contributed by atoms with Gasteiger partial charge in [-0.2, -0.15) is 5.10 Å². The predicted octanol–water partition coefficient (Wildman–Crippen LogP) is 5.38. The summed E-state index contributed by atoms with van der Waals surface area (Å²) in [6.45, 7) is 16.6. The molecule has 0 aliphatic carbocycles. The van der Waals surface area contributed by atoms with Crippen LogP contribution in [-0.2, 0) is 12.8 Å². The maximum Gasteiger partial charge on any atom is 0.159 e. The Hall–Kier alpha value is -1.92. The Morgan fingerprint density at radius 2 is 1.68 bits per heavy atom. The summed E-state index contributed by atoms with van der Waals surface area (Å²) < 4.78 is 2.00. The van der Waals surface area contributed by atoms with Crippen molar-refractivity contribution in [2.24, 2.45) is 0 Å². The normalized spacial score (nSPS) is 15.1. The lowest BCUT2D eigenvalue weighted by molar-refractivity contribution is 0.117. The van der Waals surface area contributed by atoms with Crippen LogP contribution in [0.25, 0.3) is 11.7 Å². The molecule has 186 valence electrons. The van der Waals surface area contributed by atoms with Crippen molar-refractivity contribution in [2.45, 2.75) is 53.5 Å². The molecule has 1 fully saturated rings. The van der Waals surface area contributed by atoms with E-state index >= 15 is 0 Å². The average molecular weight is 505 g/mol. The maximum atomic E-state index is 4.82. The molecule has 1 aliphatic rings. The lowest BCUT2D eigenvalue weighted by atomic mass is 10.0. The molecule has 7 heteroatoms. The standard InChI is InChI=1S/C27H37N5.2ClH/c1-6-26-25(27-28-21(4)18-22(5)32(27)29-26)19-24-11-9-23(10-12-24)8-7-13-30-14-16-31(17-15-30)20(2)3;;/h7-12,18,20H,6,13-17,19H2,1-5H3;2*1H/b8-7+;;. The first-order chi connectivity index (χ1) is 15.4. The van der Waals surface area contributed by atoms with Crippen LogP contribution in [0.4, 0.5) is 0 Å². The fraction of sp³-hybridized carbons (Fsp3) is 0.481. The molecule has 1 saturated heterocycles. The Morgan fingerprint density at radius 3 is 2.29 bits per heavy atom. The highest BCUT2D eigenvalue weighted by molar-refractivity contribution is 5.85. The van der Waals surface area contributed by atoms with Gasteiger partial charge in [0.1, 0.15) is 0 Å². The number of rotatable bonds is 7. The highest BCUT2D eigenvalue weighted by atomic mass is 35.5. The number of nitrogens with zero attached hydrogens (tertiary/aromatic N) is 5. The summed E-state index contributed by atoms with van der Waals surface area (Å²) in [5, 5.41) is 4.82. The van der Waals surface area contributed by atoms with Crippen molar-refractivity contribution in [2.75, 3.05) is 32.7 Å². The first kappa shape index (κ1) is 28.3. The summed E-state index contributed by atoms with van der Waals surface area (Å²) in [5.74, 6) is 0. The number of fused-ring (bicyclic) bond motifs is 1. The van der Waals surface area contributed by atoms with E-state index in [4.69, 9.17) is 10.1 Å². The second-order valence-corrected chi connectivity index (χ2v) is 9.30. The minimum atomic E-state index is 0. The first-order valence-corrected chi connectivity index (χ1v) is 12.0. The van der Waals surface area contributed by atoms with Gasteiger partial charge in [0.25, 0.3) is 0 Å². The first-order valence-electron chi connectivity index (χ1n) is 12.0. The minimum absolute atomic E-state index is 0. The summed E-state index contributed by atoms with van der Waals surface area (Å²) in [5.41, 5.74) is 8.15. The maximum absolute atomic E-state index is 4.82. The number of aromatic nitrogens is 3. The largest absolute Gasteiger partial charge is 0.298 e. The average Bonchev–Trinajstić information content (AvgIpc) is 3.13. The lowest BCUT2D eigenvalue weighted by Gasteiger charge is -2.36. The van der Waals surface area contributed by atoms with E-state index in [2.05, 4.69) is 86.9 Å². The van der Waals surface area contributed by atoms with Crippen molar-refractivity contribution < 1.29 is 0 Å². The fourth-order valence-electron chi connectivity index (χ4n) is 4.62. The van der Waals surface area contributed by atoms with Gasteiger partial charge in [-0.25, -0.2) is 9.50 Å². The van der Waals surface area contributed by atoms with E-state index in [1.807, 2.05) is 4.52 Å². The molecule has 2 aromatic heterocycles. The zero-order valence-electron chi connectivity index (χ0n) is 21.1. The van der Waals surface area contributed by atoms with Crippen LogP contribution in [-0.4, -0.2) is 63.2 Å². The van der Waals surface area contributed by atoms with Crippen molar-refractivity contribution in [3.8, 4) is 0 Å². The van der Waals surface area contributed by atoms with Crippen LogP contribution >= 0.6 is 24.8 Å². The Labute approximate surface area is 217 Å². The SMILES string of the molecule is CCc1nn2c(C)cc(C)nc2c1Cc1ccc(/C=C/CN2CCN(C(C)C)CC2)cc1.Cl.Cl. The molecule has 1 aromatic carbocycles. The quantitative estimate of drug-likeness (QED) is 0.433. The van der Waals surface area contributed by atoms with Gasteiger partial charge in [0.2, 0.25) is 0 Å². The van der Waals surface area contributed by atoms with E-state index in [9.17, 15) is 0 Å². The molecule has 0 atom stereocenters. The third-order valence-corrected chi connectivity index (χ3v) is 6.58. The molecule has 0 unspecified atom stereocenters. The van der Waals surface area contributed by atoms with Crippen LogP contribution in [0.15, 0.2) is 36.4 Å². The molecule has 0 N–H and O–H groups in total. The monoisotopic (exact) mass is 503 g/mol. The molecule has 0 saturated carbocycles. The van der Waals surface area contributed by atoms with E-state index in [1.54, 1.807) is 0 Å². The molecule has 0 bridgehead atoms. The van der Waals surface area contributed by atoms with E-state index in [0.29, 0.717) is 6.04 Å². The third kappa shape index (κ3) is 6.60. The van der Waals surface area contributed by atoms with E-state index in [1.165, 1.54) is 29.8 Å². The topological polar surface area (TPSA) is 36.7 Å². The molecule has 0 amide bonds. The minimum Gasteiger partial charge on any atom is -0.298 e. The van der Waals surface area contributed by atoms with Gasteiger partial charge in [-0.3, -0.25) is 9.80 Å². The summed E-state index contributed by atoms with van der Waals surface area (Å²) in [4.78, 5) is 9.90. The number of piperazine rings is 1. The molecule has 5 nitrogen and oxygen atoms in total.